The van der Waals surface area contributed by atoms with E-state index in [-0.39, 0.29) is 0 Å². The molecule has 0 bridgehead atoms. The molecule has 1 N–H and O–H groups in total. The van der Waals surface area contributed by atoms with Crippen molar-refractivity contribution in [2.45, 2.75) is 32.7 Å². The molecule has 0 aliphatic rings. The van der Waals surface area contributed by atoms with Crippen molar-refractivity contribution in [1.82, 2.24) is 20.0 Å². The molecule has 5 nitrogen and oxygen atoms in total. The van der Waals surface area contributed by atoms with E-state index >= 15 is 0 Å². The SMILES string of the molecule is CN=C(NCCc1ccsc1)N(C)Cc1cn(C)nc1C(C)C. The summed E-state index contributed by atoms with van der Waals surface area (Å²) in [5, 5.41) is 12.3. The highest BCUT2D eigenvalue weighted by Crippen LogP contribution is 2.18. The summed E-state index contributed by atoms with van der Waals surface area (Å²) in [4.78, 5) is 6.54. The van der Waals surface area contributed by atoms with E-state index in [9.17, 15) is 0 Å². The molecule has 2 aromatic heterocycles. The fraction of sp³-hybridized carbons (Fsp3) is 0.529. The maximum atomic E-state index is 4.58. The third-order valence-corrected chi connectivity index (χ3v) is 4.47. The van der Waals surface area contributed by atoms with Crippen molar-refractivity contribution in [1.29, 1.82) is 0 Å². The Morgan fingerprint density at radius 1 is 1.48 bits per heavy atom. The molecule has 0 unspecified atom stereocenters. The molecule has 0 amide bonds. The Balaban J connectivity index is 1.93. The summed E-state index contributed by atoms with van der Waals surface area (Å²) < 4.78 is 1.89. The number of nitrogens with one attached hydrogen (secondary N) is 1. The second kappa shape index (κ2) is 8.15. The lowest BCUT2D eigenvalue weighted by molar-refractivity contribution is 0.474. The predicted octanol–water partition coefficient (Wildman–Crippen LogP) is 2.85. The van der Waals surface area contributed by atoms with Crippen LogP contribution in [0.4, 0.5) is 0 Å². The second-order valence-electron chi connectivity index (χ2n) is 6.08. The summed E-state index contributed by atoms with van der Waals surface area (Å²) in [5.74, 6) is 1.34. The van der Waals surface area contributed by atoms with Gasteiger partial charge in [0.05, 0.1) is 5.69 Å². The van der Waals surface area contributed by atoms with Crippen LogP contribution in [0.5, 0.6) is 0 Å². The average Bonchev–Trinajstić information content (AvgIpc) is 3.13. The van der Waals surface area contributed by atoms with Crippen LogP contribution in [0.15, 0.2) is 28.0 Å². The summed E-state index contributed by atoms with van der Waals surface area (Å²) >= 11 is 1.74. The van der Waals surface area contributed by atoms with Crippen molar-refractivity contribution in [2.24, 2.45) is 12.0 Å². The number of nitrogens with zero attached hydrogens (tertiary/aromatic N) is 4. The first-order chi connectivity index (χ1) is 11.0. The normalized spacial score (nSPS) is 12.0. The molecule has 23 heavy (non-hydrogen) atoms. The minimum atomic E-state index is 0.424. The molecular weight excluding hydrogens is 306 g/mol. The number of thiophene rings is 1. The highest BCUT2D eigenvalue weighted by atomic mass is 32.1. The van der Waals surface area contributed by atoms with Gasteiger partial charge in [-0.15, -0.1) is 0 Å². The van der Waals surface area contributed by atoms with E-state index in [2.05, 4.69) is 64.2 Å². The Hall–Kier alpha value is -1.82. The van der Waals surface area contributed by atoms with Crippen LogP contribution in [0, 0.1) is 0 Å². The molecule has 0 saturated carbocycles. The molecular formula is C17H27N5S. The Bertz CT molecular complexity index is 627. The van der Waals surface area contributed by atoms with E-state index in [1.165, 1.54) is 11.1 Å². The van der Waals surface area contributed by atoms with Crippen molar-refractivity contribution < 1.29 is 0 Å². The largest absolute Gasteiger partial charge is 0.356 e. The highest BCUT2D eigenvalue weighted by molar-refractivity contribution is 7.07. The van der Waals surface area contributed by atoms with Crippen LogP contribution in [0.2, 0.25) is 0 Å². The van der Waals surface area contributed by atoms with E-state index in [1.54, 1.807) is 11.3 Å². The smallest absolute Gasteiger partial charge is 0.193 e. The number of hydrogen-bond donors (Lipinski definition) is 1. The summed E-state index contributed by atoms with van der Waals surface area (Å²) in [6.07, 6.45) is 3.12. The van der Waals surface area contributed by atoms with Crippen LogP contribution in [-0.2, 0) is 20.0 Å². The van der Waals surface area contributed by atoms with Gasteiger partial charge in [0, 0.05) is 46.0 Å². The van der Waals surface area contributed by atoms with Gasteiger partial charge in [-0.05, 0) is 34.7 Å². The molecule has 2 aromatic rings. The summed E-state index contributed by atoms with van der Waals surface area (Å²) in [7, 11) is 5.87. The topological polar surface area (TPSA) is 45.5 Å². The maximum Gasteiger partial charge on any atom is 0.193 e. The van der Waals surface area contributed by atoms with Gasteiger partial charge < -0.3 is 10.2 Å². The molecule has 2 heterocycles. The highest BCUT2D eigenvalue weighted by Gasteiger charge is 2.14. The number of aromatic nitrogens is 2. The van der Waals surface area contributed by atoms with Gasteiger partial charge in [0.25, 0.3) is 0 Å². The molecule has 0 spiro atoms. The molecule has 6 heteroatoms. The summed E-state index contributed by atoms with van der Waals surface area (Å²) in [5.41, 5.74) is 3.79. The molecule has 0 atom stereocenters. The van der Waals surface area contributed by atoms with Crippen molar-refractivity contribution in [3.63, 3.8) is 0 Å². The van der Waals surface area contributed by atoms with Gasteiger partial charge in [0.1, 0.15) is 0 Å². The van der Waals surface area contributed by atoms with Gasteiger partial charge in [0.2, 0.25) is 0 Å². The molecule has 0 fully saturated rings. The lowest BCUT2D eigenvalue weighted by Gasteiger charge is -2.22. The van der Waals surface area contributed by atoms with Crippen molar-refractivity contribution in [3.8, 4) is 0 Å². The van der Waals surface area contributed by atoms with Crippen LogP contribution < -0.4 is 5.32 Å². The van der Waals surface area contributed by atoms with Gasteiger partial charge in [0.15, 0.2) is 5.96 Å². The van der Waals surface area contributed by atoms with Gasteiger partial charge in [-0.3, -0.25) is 9.67 Å². The van der Waals surface area contributed by atoms with E-state index in [1.807, 2.05) is 18.8 Å². The molecule has 0 aliphatic heterocycles. The first-order valence-electron chi connectivity index (χ1n) is 7.96. The number of aryl methyl sites for hydroxylation is 1. The number of hydrogen-bond acceptors (Lipinski definition) is 3. The van der Waals surface area contributed by atoms with Crippen LogP contribution >= 0.6 is 11.3 Å². The Morgan fingerprint density at radius 2 is 2.26 bits per heavy atom. The summed E-state index contributed by atoms with van der Waals surface area (Å²) in [6.45, 7) is 6.05. The molecule has 126 valence electrons. The fourth-order valence-electron chi connectivity index (χ4n) is 2.63. The van der Waals surface area contributed by atoms with E-state index in [0.29, 0.717) is 5.92 Å². The lowest BCUT2D eigenvalue weighted by Crippen LogP contribution is -2.39. The van der Waals surface area contributed by atoms with Crippen LogP contribution in [0.3, 0.4) is 0 Å². The number of guanidine groups is 1. The number of aliphatic imine (C=N–C) groups is 1. The number of rotatable bonds is 6. The van der Waals surface area contributed by atoms with Gasteiger partial charge >= 0.3 is 0 Å². The first-order valence-corrected chi connectivity index (χ1v) is 8.90. The average molecular weight is 334 g/mol. The first kappa shape index (κ1) is 17.5. The molecule has 2 rings (SSSR count). The van der Waals surface area contributed by atoms with Crippen LogP contribution in [0.1, 0.15) is 36.6 Å². The van der Waals surface area contributed by atoms with Crippen molar-refractivity contribution >= 4 is 17.3 Å². The predicted molar refractivity (Wildman–Crippen MR) is 98.1 cm³/mol. The van der Waals surface area contributed by atoms with E-state index in [4.69, 9.17) is 0 Å². The maximum absolute atomic E-state index is 4.58. The third kappa shape index (κ3) is 4.82. The lowest BCUT2D eigenvalue weighted by atomic mass is 10.1. The van der Waals surface area contributed by atoms with Gasteiger partial charge in [-0.25, -0.2) is 0 Å². The zero-order valence-electron chi connectivity index (χ0n) is 14.7. The summed E-state index contributed by atoms with van der Waals surface area (Å²) in [6, 6.07) is 2.17. The fourth-order valence-corrected chi connectivity index (χ4v) is 3.33. The standard InChI is InChI=1S/C17H27N5S/c1-13(2)16-15(11-22(5)20-16)10-21(4)17(18-3)19-8-6-14-7-9-23-12-14/h7,9,11-13H,6,8,10H2,1-5H3,(H,18,19). The van der Waals surface area contributed by atoms with Crippen LogP contribution in [0.25, 0.3) is 0 Å². The molecule has 0 aromatic carbocycles. The third-order valence-electron chi connectivity index (χ3n) is 3.74. The van der Waals surface area contributed by atoms with Gasteiger partial charge in [-0.1, -0.05) is 13.8 Å². The quantitative estimate of drug-likeness (QED) is 0.653. The second-order valence-corrected chi connectivity index (χ2v) is 6.86. The monoisotopic (exact) mass is 333 g/mol. The van der Waals surface area contributed by atoms with E-state index in [0.717, 1.165) is 31.2 Å². The van der Waals surface area contributed by atoms with Crippen LogP contribution in [-0.4, -0.2) is 41.3 Å². The minimum Gasteiger partial charge on any atom is -0.356 e. The molecule has 0 aliphatic carbocycles. The molecule has 0 saturated heterocycles. The Kier molecular flexibility index (Phi) is 6.21. The zero-order valence-corrected chi connectivity index (χ0v) is 15.5. The Morgan fingerprint density at radius 3 is 2.87 bits per heavy atom. The minimum absolute atomic E-state index is 0.424. The van der Waals surface area contributed by atoms with Crippen molar-refractivity contribution in [3.05, 3.63) is 39.8 Å². The van der Waals surface area contributed by atoms with E-state index < -0.39 is 0 Å². The zero-order chi connectivity index (χ0) is 16.8. The van der Waals surface area contributed by atoms with Crippen molar-refractivity contribution in [2.75, 3.05) is 20.6 Å². The molecule has 0 radical (unpaired) electrons. The van der Waals surface area contributed by atoms with Gasteiger partial charge in [-0.2, -0.15) is 16.4 Å². The Labute approximate surface area is 143 Å².